The lowest BCUT2D eigenvalue weighted by Gasteiger charge is -2.10. The first-order chi connectivity index (χ1) is 7.70. The van der Waals surface area contributed by atoms with Crippen LogP contribution in [0.2, 0.25) is 0 Å². The monoisotopic (exact) mass is 224 g/mol. The second-order valence-corrected chi connectivity index (χ2v) is 3.26. The molecule has 0 atom stereocenters. The third kappa shape index (κ3) is 2.87. The number of hydrogen-bond donors (Lipinski definition) is 3. The Hall–Kier alpha value is -1.75. The van der Waals surface area contributed by atoms with E-state index in [1.165, 1.54) is 7.11 Å². The molecule has 0 unspecified atom stereocenters. The Kier molecular flexibility index (Phi) is 4.60. The van der Waals surface area contributed by atoms with E-state index in [4.69, 9.17) is 15.6 Å². The van der Waals surface area contributed by atoms with Crippen molar-refractivity contribution in [3.63, 3.8) is 0 Å². The van der Waals surface area contributed by atoms with Gasteiger partial charge in [-0.2, -0.15) is 0 Å². The van der Waals surface area contributed by atoms with Crippen LogP contribution in [0.4, 0.5) is 5.69 Å². The van der Waals surface area contributed by atoms with E-state index in [-0.39, 0.29) is 12.5 Å². The van der Waals surface area contributed by atoms with E-state index in [0.717, 1.165) is 0 Å². The predicted octanol–water partition coefficient (Wildman–Crippen LogP) is 0.390. The van der Waals surface area contributed by atoms with Gasteiger partial charge in [0.05, 0.1) is 18.4 Å². The highest BCUT2D eigenvalue weighted by Crippen LogP contribution is 2.25. The minimum atomic E-state index is -0.252. The molecule has 5 heteroatoms. The highest BCUT2D eigenvalue weighted by Gasteiger charge is 2.13. The average molecular weight is 224 g/mol. The molecule has 0 saturated carbocycles. The number of para-hydroxylation sites is 1. The van der Waals surface area contributed by atoms with Crippen molar-refractivity contribution in [2.75, 3.05) is 26.0 Å². The first-order valence-corrected chi connectivity index (χ1v) is 5.02. The highest BCUT2D eigenvalue weighted by atomic mass is 16.5. The highest BCUT2D eigenvalue weighted by molar-refractivity contribution is 5.98. The van der Waals surface area contributed by atoms with Gasteiger partial charge >= 0.3 is 0 Å². The molecular weight excluding hydrogens is 208 g/mol. The van der Waals surface area contributed by atoms with Crippen LogP contribution in [0.5, 0.6) is 5.75 Å². The van der Waals surface area contributed by atoms with Crippen molar-refractivity contribution in [3.8, 4) is 5.75 Å². The molecule has 4 N–H and O–H groups in total. The molecule has 0 fully saturated rings. The minimum Gasteiger partial charge on any atom is -0.494 e. The maximum atomic E-state index is 11.7. The molecule has 0 saturated heterocycles. The predicted molar refractivity (Wildman–Crippen MR) is 61.4 cm³/mol. The van der Waals surface area contributed by atoms with Gasteiger partial charge in [-0.3, -0.25) is 4.79 Å². The lowest BCUT2D eigenvalue weighted by Crippen LogP contribution is -2.25. The number of aliphatic hydroxyl groups excluding tert-OH is 1. The summed E-state index contributed by atoms with van der Waals surface area (Å²) in [4.78, 5) is 11.7. The largest absolute Gasteiger partial charge is 0.494 e. The van der Waals surface area contributed by atoms with E-state index in [1.54, 1.807) is 18.2 Å². The van der Waals surface area contributed by atoms with Gasteiger partial charge in [0.2, 0.25) is 0 Å². The summed E-state index contributed by atoms with van der Waals surface area (Å²) in [6.45, 7) is 0.474. The quantitative estimate of drug-likeness (QED) is 0.499. The second kappa shape index (κ2) is 5.97. The number of aliphatic hydroxyl groups is 1. The van der Waals surface area contributed by atoms with E-state index < -0.39 is 0 Å². The number of carbonyl (C=O) groups excluding carboxylic acids is 1. The summed E-state index contributed by atoms with van der Waals surface area (Å²) in [5.74, 6) is 0.126. The Labute approximate surface area is 94.2 Å². The number of amides is 1. The molecule has 88 valence electrons. The van der Waals surface area contributed by atoms with Crippen molar-refractivity contribution in [2.45, 2.75) is 6.42 Å². The van der Waals surface area contributed by atoms with E-state index in [1.807, 2.05) is 0 Å². The van der Waals surface area contributed by atoms with Crippen LogP contribution in [0.15, 0.2) is 18.2 Å². The van der Waals surface area contributed by atoms with E-state index in [0.29, 0.717) is 30.0 Å². The fourth-order valence-electron chi connectivity index (χ4n) is 1.34. The topological polar surface area (TPSA) is 84.6 Å². The summed E-state index contributed by atoms with van der Waals surface area (Å²) in [7, 11) is 1.47. The van der Waals surface area contributed by atoms with Gasteiger partial charge in [-0.05, 0) is 18.6 Å². The van der Waals surface area contributed by atoms with Crippen molar-refractivity contribution < 1.29 is 14.6 Å². The maximum Gasteiger partial charge on any atom is 0.255 e. The zero-order chi connectivity index (χ0) is 12.0. The van der Waals surface area contributed by atoms with Crippen LogP contribution in [0.3, 0.4) is 0 Å². The Morgan fingerprint density at radius 2 is 2.31 bits per heavy atom. The molecule has 0 radical (unpaired) electrons. The van der Waals surface area contributed by atoms with Crippen LogP contribution >= 0.6 is 0 Å². The second-order valence-electron chi connectivity index (χ2n) is 3.26. The summed E-state index contributed by atoms with van der Waals surface area (Å²) in [6.07, 6.45) is 0.524. The molecule has 0 bridgehead atoms. The van der Waals surface area contributed by atoms with Crippen LogP contribution in [0, 0.1) is 0 Å². The number of rotatable bonds is 5. The molecule has 1 aromatic rings. The molecule has 0 spiro atoms. The zero-order valence-corrected chi connectivity index (χ0v) is 9.19. The Morgan fingerprint density at radius 3 is 2.94 bits per heavy atom. The lowest BCUT2D eigenvalue weighted by molar-refractivity contribution is 0.0948. The van der Waals surface area contributed by atoms with E-state index >= 15 is 0 Å². The number of anilines is 1. The van der Waals surface area contributed by atoms with Gasteiger partial charge < -0.3 is 20.9 Å². The van der Waals surface area contributed by atoms with Crippen LogP contribution < -0.4 is 15.8 Å². The van der Waals surface area contributed by atoms with Gasteiger partial charge in [0.25, 0.3) is 5.91 Å². The maximum absolute atomic E-state index is 11.7. The average Bonchev–Trinajstić information content (AvgIpc) is 2.29. The van der Waals surface area contributed by atoms with Crippen molar-refractivity contribution in [3.05, 3.63) is 23.8 Å². The van der Waals surface area contributed by atoms with E-state index in [9.17, 15) is 4.79 Å². The summed E-state index contributed by atoms with van der Waals surface area (Å²) < 4.78 is 5.07. The first kappa shape index (κ1) is 12.3. The molecular formula is C11H16N2O3. The number of benzene rings is 1. The molecule has 0 aliphatic carbocycles. The number of nitrogens with one attached hydrogen (secondary N) is 1. The summed E-state index contributed by atoms with van der Waals surface area (Å²) >= 11 is 0. The van der Waals surface area contributed by atoms with Gasteiger partial charge in [0.15, 0.2) is 5.75 Å². The molecule has 1 rings (SSSR count). The smallest absolute Gasteiger partial charge is 0.255 e. The van der Waals surface area contributed by atoms with Crippen LogP contribution in [0.25, 0.3) is 0 Å². The molecule has 0 heterocycles. The number of hydrogen-bond acceptors (Lipinski definition) is 4. The lowest BCUT2D eigenvalue weighted by atomic mass is 10.1. The third-order valence-corrected chi connectivity index (χ3v) is 2.11. The van der Waals surface area contributed by atoms with Gasteiger partial charge in [0, 0.05) is 13.2 Å². The molecule has 5 nitrogen and oxygen atoms in total. The number of nitrogen functional groups attached to an aromatic ring is 1. The first-order valence-electron chi connectivity index (χ1n) is 5.02. The van der Waals surface area contributed by atoms with Crippen molar-refractivity contribution >= 4 is 11.6 Å². The Bertz CT molecular complexity index is 366. The van der Waals surface area contributed by atoms with Gasteiger partial charge in [-0.15, -0.1) is 0 Å². The third-order valence-electron chi connectivity index (χ3n) is 2.11. The van der Waals surface area contributed by atoms with Gasteiger partial charge in [0.1, 0.15) is 0 Å². The zero-order valence-electron chi connectivity index (χ0n) is 9.19. The molecule has 16 heavy (non-hydrogen) atoms. The number of carbonyl (C=O) groups is 1. The summed E-state index contributed by atoms with van der Waals surface area (Å²) in [5.41, 5.74) is 6.51. The van der Waals surface area contributed by atoms with Crippen LogP contribution in [-0.4, -0.2) is 31.3 Å². The van der Waals surface area contributed by atoms with Gasteiger partial charge in [-0.25, -0.2) is 0 Å². The number of ether oxygens (including phenoxy) is 1. The Balaban J connectivity index is 2.78. The van der Waals surface area contributed by atoms with Crippen LogP contribution in [0.1, 0.15) is 16.8 Å². The standard InChI is InChI=1S/C11H16N2O3/c1-16-10-8(4-2-5-9(10)12)11(15)13-6-3-7-14/h2,4-5,14H,3,6-7,12H2,1H3,(H,13,15). The molecule has 1 amide bonds. The SMILES string of the molecule is COc1c(N)cccc1C(=O)NCCCO. The van der Waals surface area contributed by atoms with Crippen molar-refractivity contribution in [1.29, 1.82) is 0 Å². The van der Waals surface area contributed by atoms with Crippen molar-refractivity contribution in [2.24, 2.45) is 0 Å². The fourth-order valence-corrected chi connectivity index (χ4v) is 1.34. The van der Waals surface area contributed by atoms with Crippen molar-refractivity contribution in [1.82, 2.24) is 5.32 Å². The normalized spacial score (nSPS) is 9.88. The van der Waals surface area contributed by atoms with E-state index in [2.05, 4.69) is 5.32 Å². The molecule has 1 aromatic carbocycles. The number of methoxy groups -OCH3 is 1. The molecule has 0 aromatic heterocycles. The molecule has 0 aliphatic rings. The van der Waals surface area contributed by atoms with Gasteiger partial charge in [-0.1, -0.05) is 6.07 Å². The summed E-state index contributed by atoms with van der Waals surface area (Å²) in [6, 6.07) is 5.01. The minimum absolute atomic E-state index is 0.0499. The van der Waals surface area contributed by atoms with Crippen LogP contribution in [-0.2, 0) is 0 Å². The fraction of sp³-hybridized carbons (Fsp3) is 0.364. The number of nitrogens with two attached hydrogens (primary N) is 1. The summed E-state index contributed by atoms with van der Waals surface area (Å²) in [5, 5.41) is 11.3. The Morgan fingerprint density at radius 1 is 1.56 bits per heavy atom. The molecule has 0 aliphatic heterocycles.